The van der Waals surface area contributed by atoms with Crippen molar-refractivity contribution in [2.45, 2.75) is 53.4 Å². The van der Waals surface area contributed by atoms with Crippen molar-refractivity contribution in [2.24, 2.45) is 5.92 Å². The highest BCUT2D eigenvalue weighted by molar-refractivity contribution is 6.31. The van der Waals surface area contributed by atoms with Gasteiger partial charge >= 0.3 is 6.18 Å². The van der Waals surface area contributed by atoms with E-state index in [4.69, 9.17) is 11.6 Å². The molecule has 0 aliphatic heterocycles. The van der Waals surface area contributed by atoms with E-state index in [1.54, 1.807) is 25.5 Å². The Bertz CT molecular complexity index is 812. The third kappa shape index (κ3) is 5.24. The molecule has 2 aromatic rings. The van der Waals surface area contributed by atoms with Gasteiger partial charge < -0.3 is 5.32 Å². The van der Waals surface area contributed by atoms with Crippen molar-refractivity contribution in [2.75, 3.05) is 6.54 Å². The number of aryl methyl sites for hydroxylation is 3. The first-order chi connectivity index (χ1) is 12.5. The topological polar surface area (TPSA) is 64.7 Å². The first-order valence-electron chi connectivity index (χ1n) is 8.59. The van der Waals surface area contributed by atoms with Crippen molar-refractivity contribution >= 4 is 17.5 Å². The fourth-order valence-electron chi connectivity index (χ4n) is 2.68. The highest BCUT2D eigenvalue weighted by Gasteiger charge is 2.34. The van der Waals surface area contributed by atoms with Gasteiger partial charge in [-0.05, 0) is 33.3 Å². The lowest BCUT2D eigenvalue weighted by Crippen LogP contribution is -2.33. The van der Waals surface area contributed by atoms with Crippen LogP contribution in [0, 0.1) is 26.7 Å². The number of carbonyl (C=O) groups is 1. The van der Waals surface area contributed by atoms with Crippen molar-refractivity contribution in [3.8, 4) is 0 Å². The number of alkyl halides is 3. The SMILES string of the molecule is Cc1nn(CC(C)C(=O)NCCCn2nc(C(F)(F)F)cc2C)c(C)c1Cl. The maximum Gasteiger partial charge on any atom is 0.435 e. The Morgan fingerprint density at radius 1 is 1.26 bits per heavy atom. The van der Waals surface area contributed by atoms with Crippen LogP contribution in [0.3, 0.4) is 0 Å². The molecular formula is C17H23ClF3N5O. The molecule has 6 nitrogen and oxygen atoms in total. The zero-order chi connectivity index (χ0) is 20.4. The fraction of sp³-hybridized carbons (Fsp3) is 0.588. The average Bonchev–Trinajstić information content (AvgIpc) is 3.07. The fourth-order valence-corrected chi connectivity index (χ4v) is 2.82. The summed E-state index contributed by atoms with van der Waals surface area (Å²) in [5, 5.41) is 11.3. The molecule has 1 N–H and O–H groups in total. The van der Waals surface area contributed by atoms with Crippen LogP contribution in [0.4, 0.5) is 13.2 Å². The number of hydrogen-bond acceptors (Lipinski definition) is 3. The summed E-state index contributed by atoms with van der Waals surface area (Å²) in [5.41, 5.74) is 1.06. The molecule has 0 saturated carbocycles. The van der Waals surface area contributed by atoms with Crippen LogP contribution in [0.1, 0.15) is 36.1 Å². The summed E-state index contributed by atoms with van der Waals surface area (Å²) in [5.74, 6) is -0.464. The van der Waals surface area contributed by atoms with Gasteiger partial charge in [0, 0.05) is 18.8 Å². The third-order valence-electron chi connectivity index (χ3n) is 4.31. The molecule has 0 aromatic carbocycles. The van der Waals surface area contributed by atoms with Crippen LogP contribution in [-0.2, 0) is 24.1 Å². The number of amides is 1. The molecule has 2 rings (SSSR count). The lowest BCUT2D eigenvalue weighted by atomic mass is 10.1. The van der Waals surface area contributed by atoms with E-state index in [1.807, 2.05) is 6.92 Å². The predicted molar refractivity (Wildman–Crippen MR) is 95.5 cm³/mol. The van der Waals surface area contributed by atoms with Gasteiger partial charge in [0.1, 0.15) is 0 Å². The van der Waals surface area contributed by atoms with E-state index < -0.39 is 11.9 Å². The third-order valence-corrected chi connectivity index (χ3v) is 4.85. The Hall–Kier alpha value is -2.03. The van der Waals surface area contributed by atoms with Crippen molar-refractivity contribution in [1.29, 1.82) is 0 Å². The van der Waals surface area contributed by atoms with Gasteiger partial charge in [0.05, 0.1) is 28.9 Å². The predicted octanol–water partition coefficient (Wildman–Crippen LogP) is 3.52. The zero-order valence-corrected chi connectivity index (χ0v) is 16.4. The Balaban J connectivity index is 1.80. The monoisotopic (exact) mass is 405 g/mol. The second-order valence-electron chi connectivity index (χ2n) is 6.60. The van der Waals surface area contributed by atoms with Gasteiger partial charge in [0.2, 0.25) is 5.91 Å². The molecular weight excluding hydrogens is 383 g/mol. The maximum absolute atomic E-state index is 12.6. The molecule has 0 radical (unpaired) electrons. The van der Waals surface area contributed by atoms with Gasteiger partial charge in [-0.2, -0.15) is 23.4 Å². The van der Waals surface area contributed by atoms with Gasteiger partial charge in [-0.25, -0.2) is 0 Å². The summed E-state index contributed by atoms with van der Waals surface area (Å²) in [4.78, 5) is 12.2. The van der Waals surface area contributed by atoms with Gasteiger partial charge in [-0.3, -0.25) is 14.2 Å². The summed E-state index contributed by atoms with van der Waals surface area (Å²) in [7, 11) is 0. The van der Waals surface area contributed by atoms with E-state index in [-0.39, 0.29) is 11.8 Å². The lowest BCUT2D eigenvalue weighted by Gasteiger charge is -2.13. The number of carbonyl (C=O) groups excluding carboxylic acids is 1. The largest absolute Gasteiger partial charge is 0.435 e. The van der Waals surface area contributed by atoms with E-state index >= 15 is 0 Å². The second-order valence-corrected chi connectivity index (χ2v) is 6.98. The van der Waals surface area contributed by atoms with Crippen LogP contribution in [0.5, 0.6) is 0 Å². The minimum absolute atomic E-state index is 0.146. The number of rotatable bonds is 7. The Morgan fingerprint density at radius 2 is 1.93 bits per heavy atom. The van der Waals surface area contributed by atoms with E-state index in [0.717, 1.165) is 17.5 Å². The molecule has 0 aliphatic carbocycles. The average molecular weight is 406 g/mol. The number of nitrogens with one attached hydrogen (secondary N) is 1. The molecule has 27 heavy (non-hydrogen) atoms. The molecule has 10 heteroatoms. The van der Waals surface area contributed by atoms with Gasteiger partial charge in [-0.15, -0.1) is 0 Å². The first kappa shape index (κ1) is 21.3. The zero-order valence-electron chi connectivity index (χ0n) is 15.7. The standard InChI is InChI=1S/C17H23ClF3N5O/c1-10(9-26-13(4)15(18)12(3)23-26)16(27)22-6-5-7-25-11(2)8-14(24-25)17(19,20)21/h8,10H,5-7,9H2,1-4H3,(H,22,27). The van der Waals surface area contributed by atoms with Crippen molar-refractivity contribution in [3.05, 3.63) is 33.9 Å². The van der Waals surface area contributed by atoms with Gasteiger partial charge in [0.25, 0.3) is 0 Å². The number of hydrogen-bond donors (Lipinski definition) is 1. The Kier molecular flexibility index (Phi) is 6.56. The lowest BCUT2D eigenvalue weighted by molar-refractivity contribution is -0.141. The van der Waals surface area contributed by atoms with Crippen LogP contribution in [0.2, 0.25) is 5.02 Å². The highest BCUT2D eigenvalue weighted by Crippen LogP contribution is 2.28. The molecule has 0 bridgehead atoms. The summed E-state index contributed by atoms with van der Waals surface area (Å²) in [6.45, 7) is 8.05. The van der Waals surface area contributed by atoms with E-state index in [2.05, 4.69) is 15.5 Å². The van der Waals surface area contributed by atoms with Gasteiger partial charge in [0.15, 0.2) is 5.69 Å². The molecule has 0 aliphatic rings. The van der Waals surface area contributed by atoms with Crippen LogP contribution in [0.15, 0.2) is 6.07 Å². The van der Waals surface area contributed by atoms with Crippen LogP contribution in [0.25, 0.3) is 0 Å². The molecule has 1 amide bonds. The molecule has 2 heterocycles. The normalized spacial score (nSPS) is 13.0. The van der Waals surface area contributed by atoms with E-state index in [9.17, 15) is 18.0 Å². The highest BCUT2D eigenvalue weighted by atomic mass is 35.5. The van der Waals surface area contributed by atoms with Crippen molar-refractivity contribution in [1.82, 2.24) is 24.9 Å². The minimum atomic E-state index is -4.45. The smallest absolute Gasteiger partial charge is 0.356 e. The van der Waals surface area contributed by atoms with E-state index in [1.165, 1.54) is 4.68 Å². The molecule has 0 fully saturated rings. The molecule has 2 aromatic heterocycles. The summed E-state index contributed by atoms with van der Waals surface area (Å²) in [6, 6.07) is 1.01. The molecule has 0 saturated heterocycles. The van der Waals surface area contributed by atoms with Crippen LogP contribution < -0.4 is 5.32 Å². The summed E-state index contributed by atoms with van der Waals surface area (Å²) < 4.78 is 41.0. The minimum Gasteiger partial charge on any atom is -0.356 e. The maximum atomic E-state index is 12.6. The molecule has 1 unspecified atom stereocenters. The number of halogens is 4. The van der Waals surface area contributed by atoms with Crippen molar-refractivity contribution in [3.63, 3.8) is 0 Å². The molecule has 150 valence electrons. The Labute approximate surface area is 160 Å². The van der Waals surface area contributed by atoms with Crippen LogP contribution >= 0.6 is 11.6 Å². The number of nitrogens with zero attached hydrogens (tertiary/aromatic N) is 4. The number of aromatic nitrogens is 4. The Morgan fingerprint density at radius 3 is 2.44 bits per heavy atom. The first-order valence-corrected chi connectivity index (χ1v) is 8.97. The van der Waals surface area contributed by atoms with Gasteiger partial charge in [-0.1, -0.05) is 18.5 Å². The molecule has 0 spiro atoms. The van der Waals surface area contributed by atoms with Crippen LogP contribution in [-0.4, -0.2) is 32.0 Å². The second kappa shape index (κ2) is 8.33. The molecule has 1 atom stereocenters. The van der Waals surface area contributed by atoms with Crippen molar-refractivity contribution < 1.29 is 18.0 Å². The quantitative estimate of drug-likeness (QED) is 0.717. The van der Waals surface area contributed by atoms with E-state index in [0.29, 0.717) is 36.8 Å². The summed E-state index contributed by atoms with van der Waals surface area (Å²) >= 11 is 6.10. The summed E-state index contributed by atoms with van der Waals surface area (Å²) in [6.07, 6.45) is -3.98.